The molecule has 30 heavy (non-hydrogen) atoms. The maximum Gasteiger partial charge on any atom is 0.132 e. The van der Waals surface area contributed by atoms with Gasteiger partial charge in [0.15, 0.2) is 0 Å². The first-order valence-corrected chi connectivity index (χ1v) is 10.4. The second kappa shape index (κ2) is 8.03. The van der Waals surface area contributed by atoms with Crippen molar-refractivity contribution in [2.45, 2.75) is 12.8 Å². The van der Waals surface area contributed by atoms with Crippen LogP contribution in [-0.4, -0.2) is 35.3 Å². The third kappa shape index (κ3) is 3.54. The summed E-state index contributed by atoms with van der Waals surface area (Å²) in [7, 11) is 2.09. The van der Waals surface area contributed by atoms with Crippen molar-refractivity contribution in [3.8, 4) is 0 Å². The average molecular weight is 396 g/mol. The number of aromatic nitrogens is 3. The van der Waals surface area contributed by atoms with Crippen molar-refractivity contribution < 1.29 is 0 Å². The molecule has 5 heteroatoms. The lowest BCUT2D eigenvalue weighted by atomic mass is 10.1. The van der Waals surface area contributed by atoms with E-state index in [1.807, 2.05) is 42.6 Å². The molecule has 4 aromatic rings. The molecule has 1 aliphatic rings. The molecular formula is C25H25N5. The molecular weight excluding hydrogens is 370 g/mol. The number of nitrogens with zero attached hydrogens (tertiary/aromatic N) is 4. The maximum absolute atomic E-state index is 4.59. The summed E-state index contributed by atoms with van der Waals surface area (Å²) in [5.41, 5.74) is 5.54. The molecule has 0 bridgehead atoms. The van der Waals surface area contributed by atoms with Crippen LogP contribution in [0.2, 0.25) is 0 Å². The minimum Gasteiger partial charge on any atom is -0.370 e. The summed E-state index contributed by atoms with van der Waals surface area (Å²) < 4.78 is 0. The quantitative estimate of drug-likeness (QED) is 0.485. The summed E-state index contributed by atoms with van der Waals surface area (Å²) in [5, 5.41) is 8.93. The fourth-order valence-electron chi connectivity index (χ4n) is 4.08. The predicted molar refractivity (Wildman–Crippen MR) is 125 cm³/mol. The zero-order valence-corrected chi connectivity index (χ0v) is 17.1. The zero-order valence-electron chi connectivity index (χ0n) is 17.1. The van der Waals surface area contributed by atoms with Crippen molar-refractivity contribution in [2.75, 3.05) is 29.9 Å². The topological polar surface area (TPSA) is 48.1 Å². The Hall–Kier alpha value is -3.60. The molecule has 2 aromatic heterocycles. The van der Waals surface area contributed by atoms with Crippen LogP contribution in [0.15, 0.2) is 66.9 Å². The molecule has 0 atom stereocenters. The largest absolute Gasteiger partial charge is 0.370 e. The van der Waals surface area contributed by atoms with E-state index in [1.165, 1.54) is 18.5 Å². The van der Waals surface area contributed by atoms with Gasteiger partial charge in [0.1, 0.15) is 5.82 Å². The van der Waals surface area contributed by atoms with Crippen LogP contribution in [0.4, 0.5) is 17.2 Å². The number of hydrogen-bond acceptors (Lipinski definition) is 4. The Morgan fingerprint density at radius 3 is 2.53 bits per heavy atom. The summed E-state index contributed by atoms with van der Waals surface area (Å²) in [6, 6.07) is 20.8. The highest BCUT2D eigenvalue weighted by atomic mass is 15.2. The highest BCUT2D eigenvalue weighted by Gasteiger charge is 2.21. The van der Waals surface area contributed by atoms with E-state index in [-0.39, 0.29) is 0 Å². The number of aromatic amines is 1. The molecule has 1 N–H and O–H groups in total. The van der Waals surface area contributed by atoms with E-state index in [9.17, 15) is 0 Å². The molecule has 0 aliphatic carbocycles. The van der Waals surface area contributed by atoms with E-state index in [1.54, 1.807) is 0 Å². The summed E-state index contributed by atoms with van der Waals surface area (Å²) >= 11 is 0. The molecule has 1 fully saturated rings. The van der Waals surface area contributed by atoms with E-state index in [0.717, 1.165) is 46.8 Å². The molecule has 0 saturated carbocycles. The molecule has 0 spiro atoms. The van der Waals surface area contributed by atoms with Crippen molar-refractivity contribution >= 4 is 40.2 Å². The van der Waals surface area contributed by atoms with Gasteiger partial charge in [0.05, 0.1) is 22.6 Å². The molecule has 0 radical (unpaired) electrons. The van der Waals surface area contributed by atoms with Crippen LogP contribution in [0.5, 0.6) is 0 Å². The van der Waals surface area contributed by atoms with Gasteiger partial charge in [-0.1, -0.05) is 42.5 Å². The summed E-state index contributed by atoms with van der Waals surface area (Å²) in [4.78, 5) is 9.20. The van der Waals surface area contributed by atoms with Crippen LogP contribution in [0, 0.1) is 0 Å². The third-order valence-corrected chi connectivity index (χ3v) is 5.72. The zero-order chi connectivity index (χ0) is 20.3. The average Bonchev–Trinajstić information content (AvgIpc) is 3.47. The van der Waals surface area contributed by atoms with E-state index in [2.05, 4.69) is 68.4 Å². The Morgan fingerprint density at radius 1 is 0.967 bits per heavy atom. The third-order valence-electron chi connectivity index (χ3n) is 5.72. The lowest BCUT2D eigenvalue weighted by Crippen LogP contribution is -2.22. The van der Waals surface area contributed by atoms with Gasteiger partial charge in [-0.2, -0.15) is 5.10 Å². The number of pyridine rings is 1. The second-order valence-electron chi connectivity index (χ2n) is 7.68. The van der Waals surface area contributed by atoms with Gasteiger partial charge < -0.3 is 9.80 Å². The van der Waals surface area contributed by atoms with Crippen LogP contribution in [0.3, 0.4) is 0 Å². The monoisotopic (exact) mass is 395 g/mol. The van der Waals surface area contributed by atoms with E-state index in [0.29, 0.717) is 0 Å². The van der Waals surface area contributed by atoms with Crippen molar-refractivity contribution in [3.05, 3.63) is 78.1 Å². The van der Waals surface area contributed by atoms with Crippen molar-refractivity contribution in [1.29, 1.82) is 0 Å². The lowest BCUT2D eigenvalue weighted by molar-refractivity contribution is 0.949. The van der Waals surface area contributed by atoms with E-state index in [4.69, 9.17) is 0 Å². The first-order chi connectivity index (χ1) is 14.8. The summed E-state index contributed by atoms with van der Waals surface area (Å²) in [6.45, 7) is 2.17. The van der Waals surface area contributed by atoms with Crippen LogP contribution in [-0.2, 0) is 0 Å². The van der Waals surface area contributed by atoms with E-state index >= 15 is 0 Å². The van der Waals surface area contributed by atoms with Gasteiger partial charge >= 0.3 is 0 Å². The van der Waals surface area contributed by atoms with Gasteiger partial charge in [0.25, 0.3) is 0 Å². The van der Waals surface area contributed by atoms with Crippen LogP contribution in [0.1, 0.15) is 24.1 Å². The highest BCUT2D eigenvalue weighted by molar-refractivity contribution is 5.97. The van der Waals surface area contributed by atoms with Crippen molar-refractivity contribution in [1.82, 2.24) is 15.2 Å². The molecule has 5 rings (SSSR count). The van der Waals surface area contributed by atoms with Gasteiger partial charge in [-0.05, 0) is 48.7 Å². The van der Waals surface area contributed by atoms with Gasteiger partial charge in [-0.25, -0.2) is 4.98 Å². The maximum atomic E-state index is 4.59. The number of anilines is 3. The Balaban J connectivity index is 1.60. The molecule has 1 aliphatic heterocycles. The Labute approximate surface area is 176 Å². The van der Waals surface area contributed by atoms with Gasteiger partial charge in [0, 0.05) is 31.7 Å². The summed E-state index contributed by atoms with van der Waals surface area (Å²) in [5.74, 6) is 0.933. The second-order valence-corrected chi connectivity index (χ2v) is 7.68. The number of rotatable bonds is 5. The Morgan fingerprint density at radius 2 is 1.77 bits per heavy atom. The minimum atomic E-state index is 0.933. The summed E-state index contributed by atoms with van der Waals surface area (Å²) in [6.07, 6.45) is 8.49. The minimum absolute atomic E-state index is 0.933. The SMILES string of the molecule is CN(c1ccccn1)c1cc2c(C=Cc3ccccc3)n[nH]c2cc1N1CCCC1. The molecule has 0 amide bonds. The number of benzene rings is 2. The molecule has 5 nitrogen and oxygen atoms in total. The molecule has 1 saturated heterocycles. The standard InChI is InChI=1S/C25H25N5/c1-29(25-11-5-6-14-26-25)23-17-20-21(13-12-19-9-3-2-4-10-19)27-28-22(20)18-24(23)30-15-7-8-16-30/h2-6,9-14,17-18H,7-8,15-16H2,1H3,(H,27,28). The predicted octanol–water partition coefficient (Wildman–Crippen LogP) is 5.50. The van der Waals surface area contributed by atoms with Crippen LogP contribution in [0.25, 0.3) is 23.1 Å². The van der Waals surface area contributed by atoms with Gasteiger partial charge in [0.2, 0.25) is 0 Å². The van der Waals surface area contributed by atoms with Crippen LogP contribution >= 0.6 is 0 Å². The normalized spacial score (nSPS) is 14.1. The lowest BCUT2D eigenvalue weighted by Gasteiger charge is -2.27. The van der Waals surface area contributed by atoms with Crippen molar-refractivity contribution in [3.63, 3.8) is 0 Å². The highest BCUT2D eigenvalue weighted by Crippen LogP contribution is 2.38. The number of fused-ring (bicyclic) bond motifs is 1. The fourth-order valence-corrected chi connectivity index (χ4v) is 4.08. The molecule has 0 unspecified atom stereocenters. The van der Waals surface area contributed by atoms with Gasteiger partial charge in [-0.15, -0.1) is 0 Å². The van der Waals surface area contributed by atoms with Crippen LogP contribution < -0.4 is 9.80 Å². The van der Waals surface area contributed by atoms with Gasteiger partial charge in [-0.3, -0.25) is 5.10 Å². The van der Waals surface area contributed by atoms with Crippen molar-refractivity contribution in [2.24, 2.45) is 0 Å². The first kappa shape index (κ1) is 18.4. The molecule has 2 aromatic carbocycles. The smallest absolute Gasteiger partial charge is 0.132 e. The number of H-pyrrole nitrogens is 1. The van der Waals surface area contributed by atoms with E-state index < -0.39 is 0 Å². The Bertz CT molecular complexity index is 1160. The first-order valence-electron chi connectivity index (χ1n) is 10.4. The molecule has 3 heterocycles. The fraction of sp³-hybridized carbons (Fsp3) is 0.200. The molecule has 150 valence electrons. The number of hydrogen-bond donors (Lipinski definition) is 1. The Kier molecular flexibility index (Phi) is 4.93. The number of nitrogens with one attached hydrogen (secondary N) is 1.